The van der Waals surface area contributed by atoms with Crippen molar-refractivity contribution in [2.24, 2.45) is 5.84 Å². The number of nitrogens with zero attached hydrogens (tertiary/aromatic N) is 1. The van der Waals surface area contributed by atoms with Gasteiger partial charge in [-0.2, -0.15) is 0 Å². The SMILES string of the molecule is CCOC(CC)C(Cc1cnccc1N)NN. The number of pyridine rings is 1. The fourth-order valence-corrected chi connectivity index (χ4v) is 1.88. The van der Waals surface area contributed by atoms with E-state index in [1.165, 1.54) is 0 Å². The van der Waals surface area contributed by atoms with Crippen LogP contribution in [0.2, 0.25) is 0 Å². The van der Waals surface area contributed by atoms with E-state index >= 15 is 0 Å². The molecule has 0 saturated heterocycles. The Morgan fingerprint density at radius 1 is 1.47 bits per heavy atom. The predicted octanol–water partition coefficient (Wildman–Crippen LogP) is 0.853. The molecule has 0 aromatic carbocycles. The Balaban J connectivity index is 2.72. The van der Waals surface area contributed by atoms with Gasteiger partial charge in [0.2, 0.25) is 0 Å². The summed E-state index contributed by atoms with van der Waals surface area (Å²) in [4.78, 5) is 4.07. The molecule has 1 heterocycles. The molecule has 5 heteroatoms. The van der Waals surface area contributed by atoms with Gasteiger partial charge in [-0.3, -0.25) is 16.3 Å². The summed E-state index contributed by atoms with van der Waals surface area (Å²) < 4.78 is 5.65. The number of nitrogens with two attached hydrogens (primary N) is 2. The molecule has 0 aliphatic heterocycles. The lowest BCUT2D eigenvalue weighted by Crippen LogP contribution is -2.46. The minimum atomic E-state index is 0.0476. The van der Waals surface area contributed by atoms with Crippen molar-refractivity contribution >= 4 is 5.69 Å². The van der Waals surface area contributed by atoms with E-state index in [1.807, 2.05) is 6.92 Å². The second kappa shape index (κ2) is 7.21. The van der Waals surface area contributed by atoms with E-state index in [2.05, 4.69) is 17.3 Å². The number of hydrogen-bond acceptors (Lipinski definition) is 5. The highest BCUT2D eigenvalue weighted by Crippen LogP contribution is 2.15. The molecule has 0 fully saturated rings. The molecule has 17 heavy (non-hydrogen) atoms. The molecule has 2 unspecified atom stereocenters. The van der Waals surface area contributed by atoms with Crippen LogP contribution in [0.15, 0.2) is 18.5 Å². The Morgan fingerprint density at radius 2 is 2.24 bits per heavy atom. The highest BCUT2D eigenvalue weighted by molar-refractivity contribution is 5.44. The topological polar surface area (TPSA) is 86.2 Å². The van der Waals surface area contributed by atoms with Crippen LogP contribution in [0.25, 0.3) is 0 Å². The van der Waals surface area contributed by atoms with Gasteiger partial charge in [-0.1, -0.05) is 6.92 Å². The lowest BCUT2D eigenvalue weighted by molar-refractivity contribution is 0.0319. The molecule has 0 amide bonds. The van der Waals surface area contributed by atoms with Gasteiger partial charge in [-0.25, -0.2) is 0 Å². The first-order valence-corrected chi connectivity index (χ1v) is 5.99. The second-order valence-corrected chi connectivity index (χ2v) is 3.95. The monoisotopic (exact) mass is 238 g/mol. The van der Waals surface area contributed by atoms with Gasteiger partial charge in [0.15, 0.2) is 0 Å². The third kappa shape index (κ3) is 3.96. The average Bonchev–Trinajstić information content (AvgIpc) is 2.35. The van der Waals surface area contributed by atoms with Gasteiger partial charge in [-0.15, -0.1) is 0 Å². The number of anilines is 1. The predicted molar refractivity (Wildman–Crippen MR) is 69.2 cm³/mol. The smallest absolute Gasteiger partial charge is 0.0742 e. The highest BCUT2D eigenvalue weighted by Gasteiger charge is 2.20. The molecule has 0 bridgehead atoms. The standard InChI is InChI=1S/C12H22N4O/c1-3-12(17-4-2)11(16-14)7-9-8-15-6-5-10(9)13/h5-6,8,11-12,16H,3-4,7,14H2,1-2H3,(H2,13,15). The molecule has 1 aromatic heterocycles. The third-order valence-electron chi connectivity index (χ3n) is 2.83. The van der Waals surface area contributed by atoms with Gasteiger partial charge in [0.25, 0.3) is 0 Å². The Bertz CT molecular complexity index is 332. The highest BCUT2D eigenvalue weighted by atomic mass is 16.5. The molecule has 5 N–H and O–H groups in total. The van der Waals surface area contributed by atoms with Crippen LogP contribution in [0.3, 0.4) is 0 Å². The van der Waals surface area contributed by atoms with Crippen LogP contribution < -0.4 is 17.0 Å². The zero-order chi connectivity index (χ0) is 12.7. The largest absolute Gasteiger partial charge is 0.398 e. The van der Waals surface area contributed by atoms with Crippen molar-refractivity contribution in [2.75, 3.05) is 12.3 Å². The maximum Gasteiger partial charge on any atom is 0.0742 e. The van der Waals surface area contributed by atoms with E-state index < -0.39 is 0 Å². The minimum absolute atomic E-state index is 0.0476. The second-order valence-electron chi connectivity index (χ2n) is 3.95. The molecule has 0 spiro atoms. The van der Waals surface area contributed by atoms with Gasteiger partial charge in [0.1, 0.15) is 0 Å². The molecule has 0 aliphatic carbocycles. The zero-order valence-corrected chi connectivity index (χ0v) is 10.5. The fraction of sp³-hybridized carbons (Fsp3) is 0.583. The first-order chi connectivity index (χ1) is 8.22. The summed E-state index contributed by atoms with van der Waals surface area (Å²) >= 11 is 0. The molecule has 1 aromatic rings. The van der Waals surface area contributed by atoms with Gasteiger partial charge >= 0.3 is 0 Å². The van der Waals surface area contributed by atoms with E-state index in [4.69, 9.17) is 16.3 Å². The molecule has 0 aliphatic rings. The number of hydrogen-bond donors (Lipinski definition) is 3. The lowest BCUT2D eigenvalue weighted by atomic mass is 10.0. The molecule has 0 saturated carbocycles. The van der Waals surface area contributed by atoms with E-state index in [1.54, 1.807) is 18.5 Å². The van der Waals surface area contributed by atoms with Crippen molar-refractivity contribution in [3.05, 3.63) is 24.0 Å². The molecular weight excluding hydrogens is 216 g/mol. The Labute approximate surface area is 103 Å². The van der Waals surface area contributed by atoms with Crippen LogP contribution in [0.4, 0.5) is 5.69 Å². The van der Waals surface area contributed by atoms with Crippen LogP contribution in [-0.4, -0.2) is 23.7 Å². The van der Waals surface area contributed by atoms with Crippen LogP contribution in [0.1, 0.15) is 25.8 Å². The van der Waals surface area contributed by atoms with Crippen molar-refractivity contribution in [3.63, 3.8) is 0 Å². The number of nitrogens with one attached hydrogen (secondary N) is 1. The average molecular weight is 238 g/mol. The Morgan fingerprint density at radius 3 is 2.76 bits per heavy atom. The summed E-state index contributed by atoms with van der Waals surface area (Å²) in [7, 11) is 0. The van der Waals surface area contributed by atoms with Gasteiger partial charge < -0.3 is 10.5 Å². The zero-order valence-electron chi connectivity index (χ0n) is 10.5. The van der Waals surface area contributed by atoms with Gasteiger partial charge in [-0.05, 0) is 31.4 Å². The summed E-state index contributed by atoms with van der Waals surface area (Å²) in [5, 5.41) is 0. The summed E-state index contributed by atoms with van der Waals surface area (Å²) in [5.41, 5.74) is 10.4. The maximum atomic E-state index is 5.89. The van der Waals surface area contributed by atoms with Gasteiger partial charge in [0.05, 0.1) is 12.1 Å². The van der Waals surface area contributed by atoms with E-state index in [0.717, 1.165) is 17.7 Å². The lowest BCUT2D eigenvalue weighted by Gasteiger charge is -2.25. The Kier molecular flexibility index (Phi) is 5.90. The normalized spacial score (nSPS) is 14.5. The number of aromatic nitrogens is 1. The number of ether oxygens (including phenoxy) is 1. The Hall–Kier alpha value is -1.17. The van der Waals surface area contributed by atoms with E-state index in [-0.39, 0.29) is 12.1 Å². The number of rotatable bonds is 7. The summed E-state index contributed by atoms with van der Waals surface area (Å²) in [6.45, 7) is 4.74. The van der Waals surface area contributed by atoms with Crippen molar-refractivity contribution in [3.8, 4) is 0 Å². The van der Waals surface area contributed by atoms with Crippen molar-refractivity contribution in [1.29, 1.82) is 0 Å². The molecule has 96 valence electrons. The van der Waals surface area contributed by atoms with Crippen LogP contribution in [0.5, 0.6) is 0 Å². The number of hydrazine groups is 1. The third-order valence-corrected chi connectivity index (χ3v) is 2.83. The van der Waals surface area contributed by atoms with Crippen LogP contribution in [-0.2, 0) is 11.2 Å². The van der Waals surface area contributed by atoms with E-state index in [9.17, 15) is 0 Å². The van der Waals surface area contributed by atoms with Crippen molar-refractivity contribution < 1.29 is 4.74 Å². The van der Waals surface area contributed by atoms with Gasteiger partial charge in [0, 0.05) is 24.7 Å². The van der Waals surface area contributed by atoms with Crippen molar-refractivity contribution in [2.45, 2.75) is 38.8 Å². The first kappa shape index (κ1) is 13.9. The number of nitrogen functional groups attached to an aromatic ring is 1. The quantitative estimate of drug-likeness (QED) is 0.484. The van der Waals surface area contributed by atoms with E-state index in [0.29, 0.717) is 13.0 Å². The summed E-state index contributed by atoms with van der Waals surface area (Å²) in [5.74, 6) is 5.59. The molecular formula is C12H22N4O. The summed E-state index contributed by atoms with van der Waals surface area (Å²) in [6.07, 6.45) is 5.17. The maximum absolute atomic E-state index is 5.89. The van der Waals surface area contributed by atoms with Crippen LogP contribution >= 0.6 is 0 Å². The fourth-order valence-electron chi connectivity index (χ4n) is 1.88. The molecule has 5 nitrogen and oxygen atoms in total. The summed E-state index contributed by atoms with van der Waals surface area (Å²) in [6, 6.07) is 1.84. The molecule has 0 radical (unpaired) electrons. The minimum Gasteiger partial charge on any atom is -0.398 e. The van der Waals surface area contributed by atoms with Crippen molar-refractivity contribution in [1.82, 2.24) is 10.4 Å². The molecule has 1 rings (SSSR count). The molecule has 2 atom stereocenters. The van der Waals surface area contributed by atoms with Crippen LogP contribution in [0, 0.1) is 0 Å². The first-order valence-electron chi connectivity index (χ1n) is 5.99.